The lowest BCUT2D eigenvalue weighted by Gasteiger charge is -2.13. The molecule has 2 rings (SSSR count). The van der Waals surface area contributed by atoms with Gasteiger partial charge in [-0.3, -0.25) is 0 Å². The van der Waals surface area contributed by atoms with Crippen LogP contribution in [0.5, 0.6) is 0 Å². The van der Waals surface area contributed by atoms with Crippen molar-refractivity contribution in [1.29, 1.82) is 0 Å². The number of hydrogen-bond donors (Lipinski definition) is 1. The minimum absolute atomic E-state index is 0.486. The lowest BCUT2D eigenvalue weighted by atomic mass is 10.1. The summed E-state index contributed by atoms with van der Waals surface area (Å²) in [7, 11) is 3.93. The van der Waals surface area contributed by atoms with Crippen LogP contribution in [0.4, 0.5) is 24.5 Å². The molecule has 0 saturated heterocycles. The first-order chi connectivity index (χ1) is 9.86. The monoisotopic (exact) mass is 294 g/mol. The van der Waals surface area contributed by atoms with Crippen LogP contribution in [-0.4, -0.2) is 14.1 Å². The van der Waals surface area contributed by atoms with E-state index < -0.39 is 11.7 Å². The van der Waals surface area contributed by atoms with Crippen LogP contribution in [0.2, 0.25) is 0 Å². The topological polar surface area (TPSA) is 15.3 Å². The molecular weight excluding hydrogens is 277 g/mol. The Hall–Kier alpha value is -2.17. The van der Waals surface area contributed by atoms with E-state index in [-0.39, 0.29) is 0 Å². The lowest BCUT2D eigenvalue weighted by molar-refractivity contribution is -0.137. The molecule has 0 aliphatic heterocycles. The Morgan fingerprint density at radius 2 is 1.48 bits per heavy atom. The molecule has 0 aliphatic carbocycles. The van der Waals surface area contributed by atoms with Gasteiger partial charge in [0.05, 0.1) is 5.56 Å². The van der Waals surface area contributed by atoms with E-state index in [1.165, 1.54) is 12.1 Å². The highest BCUT2D eigenvalue weighted by Crippen LogP contribution is 2.29. The Balaban J connectivity index is 1.96. The third-order valence-electron chi connectivity index (χ3n) is 3.16. The Morgan fingerprint density at radius 1 is 0.905 bits per heavy atom. The Bertz CT molecular complexity index is 572. The maximum atomic E-state index is 12.5. The zero-order valence-corrected chi connectivity index (χ0v) is 11.9. The first-order valence-electron chi connectivity index (χ1n) is 6.53. The predicted molar refractivity (Wildman–Crippen MR) is 79.5 cm³/mol. The number of rotatable bonds is 4. The van der Waals surface area contributed by atoms with E-state index >= 15 is 0 Å². The summed E-state index contributed by atoms with van der Waals surface area (Å²) in [5.74, 6) is 0. The van der Waals surface area contributed by atoms with E-state index in [2.05, 4.69) is 5.32 Å². The standard InChI is InChI=1S/C16H17F3N2/c1-21(2)15-9-7-14(8-10-15)20-11-12-3-5-13(6-4-12)16(17,18)19/h3-10,20H,11H2,1-2H3. The molecule has 0 heterocycles. The Kier molecular flexibility index (Phi) is 4.40. The largest absolute Gasteiger partial charge is 0.416 e. The van der Waals surface area contributed by atoms with Gasteiger partial charge in [-0.2, -0.15) is 13.2 Å². The third kappa shape index (κ3) is 4.15. The molecule has 0 fully saturated rings. The zero-order chi connectivity index (χ0) is 15.5. The van der Waals surface area contributed by atoms with Gasteiger partial charge in [-0.15, -0.1) is 0 Å². The van der Waals surface area contributed by atoms with E-state index in [0.717, 1.165) is 29.1 Å². The molecule has 0 radical (unpaired) electrons. The van der Waals surface area contributed by atoms with Crippen molar-refractivity contribution in [2.45, 2.75) is 12.7 Å². The van der Waals surface area contributed by atoms with Gasteiger partial charge in [0.15, 0.2) is 0 Å². The van der Waals surface area contributed by atoms with Crippen LogP contribution in [0, 0.1) is 0 Å². The van der Waals surface area contributed by atoms with Crippen LogP contribution in [0.1, 0.15) is 11.1 Å². The number of nitrogens with one attached hydrogen (secondary N) is 1. The molecule has 21 heavy (non-hydrogen) atoms. The van der Waals surface area contributed by atoms with Gasteiger partial charge in [0.25, 0.3) is 0 Å². The molecule has 0 spiro atoms. The van der Waals surface area contributed by atoms with E-state index in [1.54, 1.807) is 0 Å². The molecule has 2 aromatic carbocycles. The summed E-state index contributed by atoms with van der Waals surface area (Å²) in [6.07, 6.45) is -4.28. The van der Waals surface area contributed by atoms with Crippen molar-refractivity contribution in [3.8, 4) is 0 Å². The summed E-state index contributed by atoms with van der Waals surface area (Å²) in [5, 5.41) is 3.19. The van der Waals surface area contributed by atoms with Crippen molar-refractivity contribution in [1.82, 2.24) is 0 Å². The Morgan fingerprint density at radius 3 is 1.95 bits per heavy atom. The molecule has 0 amide bonds. The summed E-state index contributed by atoms with van der Waals surface area (Å²) in [5.41, 5.74) is 2.21. The van der Waals surface area contributed by atoms with Crippen molar-refractivity contribution in [3.05, 3.63) is 59.7 Å². The lowest BCUT2D eigenvalue weighted by Crippen LogP contribution is -2.08. The highest BCUT2D eigenvalue weighted by atomic mass is 19.4. The summed E-state index contributed by atoms with van der Waals surface area (Å²) in [6, 6.07) is 13.0. The molecule has 0 aliphatic rings. The molecule has 2 aromatic rings. The van der Waals surface area contributed by atoms with Gasteiger partial charge in [0.2, 0.25) is 0 Å². The summed E-state index contributed by atoms with van der Waals surface area (Å²) in [6.45, 7) is 0.486. The second kappa shape index (κ2) is 6.08. The predicted octanol–water partition coefficient (Wildman–Crippen LogP) is 4.38. The molecule has 5 heteroatoms. The highest BCUT2D eigenvalue weighted by Gasteiger charge is 2.29. The van der Waals surface area contributed by atoms with Crippen molar-refractivity contribution in [3.63, 3.8) is 0 Å². The number of hydrogen-bond acceptors (Lipinski definition) is 2. The number of nitrogens with zero attached hydrogens (tertiary/aromatic N) is 1. The van der Waals surface area contributed by atoms with Crippen LogP contribution >= 0.6 is 0 Å². The molecule has 1 N–H and O–H groups in total. The first-order valence-corrected chi connectivity index (χ1v) is 6.53. The minimum Gasteiger partial charge on any atom is -0.381 e. The van der Waals surface area contributed by atoms with E-state index in [1.807, 2.05) is 43.3 Å². The molecule has 0 saturated carbocycles. The van der Waals surface area contributed by atoms with Gasteiger partial charge in [-0.05, 0) is 42.0 Å². The SMILES string of the molecule is CN(C)c1ccc(NCc2ccc(C(F)(F)F)cc2)cc1. The number of anilines is 2. The van der Waals surface area contributed by atoms with Gasteiger partial charge in [0.1, 0.15) is 0 Å². The third-order valence-corrected chi connectivity index (χ3v) is 3.16. The van der Waals surface area contributed by atoms with Crippen molar-refractivity contribution in [2.75, 3.05) is 24.3 Å². The first kappa shape index (κ1) is 15.2. The smallest absolute Gasteiger partial charge is 0.381 e. The molecule has 112 valence electrons. The quantitative estimate of drug-likeness (QED) is 0.900. The van der Waals surface area contributed by atoms with Gasteiger partial charge in [-0.1, -0.05) is 12.1 Å². The minimum atomic E-state index is -4.28. The second-order valence-electron chi connectivity index (χ2n) is 4.99. The van der Waals surface area contributed by atoms with Crippen LogP contribution in [0.15, 0.2) is 48.5 Å². The molecule has 0 bridgehead atoms. The van der Waals surface area contributed by atoms with Crippen LogP contribution < -0.4 is 10.2 Å². The van der Waals surface area contributed by atoms with Crippen molar-refractivity contribution in [2.24, 2.45) is 0 Å². The van der Waals surface area contributed by atoms with Gasteiger partial charge in [0, 0.05) is 32.0 Å². The Labute approximate surface area is 122 Å². The number of benzene rings is 2. The molecule has 0 atom stereocenters. The van der Waals surface area contributed by atoms with Crippen LogP contribution in [0.25, 0.3) is 0 Å². The van der Waals surface area contributed by atoms with Crippen LogP contribution in [-0.2, 0) is 12.7 Å². The maximum absolute atomic E-state index is 12.5. The normalized spacial score (nSPS) is 11.3. The molecule has 0 unspecified atom stereocenters. The fourth-order valence-electron chi connectivity index (χ4n) is 1.89. The van der Waals surface area contributed by atoms with Gasteiger partial charge >= 0.3 is 6.18 Å². The fraction of sp³-hybridized carbons (Fsp3) is 0.250. The van der Waals surface area contributed by atoms with Crippen molar-refractivity contribution < 1.29 is 13.2 Å². The van der Waals surface area contributed by atoms with Gasteiger partial charge in [-0.25, -0.2) is 0 Å². The summed E-state index contributed by atoms with van der Waals surface area (Å²) < 4.78 is 37.4. The van der Waals surface area contributed by atoms with E-state index in [0.29, 0.717) is 6.54 Å². The molecule has 2 nitrogen and oxygen atoms in total. The highest BCUT2D eigenvalue weighted by molar-refractivity contribution is 5.54. The average molecular weight is 294 g/mol. The van der Waals surface area contributed by atoms with Crippen LogP contribution in [0.3, 0.4) is 0 Å². The zero-order valence-electron chi connectivity index (χ0n) is 11.9. The average Bonchev–Trinajstić information content (AvgIpc) is 2.45. The van der Waals surface area contributed by atoms with Crippen molar-refractivity contribution >= 4 is 11.4 Å². The van der Waals surface area contributed by atoms with Gasteiger partial charge < -0.3 is 10.2 Å². The number of alkyl halides is 3. The fourth-order valence-corrected chi connectivity index (χ4v) is 1.89. The second-order valence-corrected chi connectivity index (χ2v) is 4.99. The maximum Gasteiger partial charge on any atom is 0.416 e. The molecular formula is C16H17F3N2. The van der Waals surface area contributed by atoms with E-state index in [4.69, 9.17) is 0 Å². The van der Waals surface area contributed by atoms with E-state index in [9.17, 15) is 13.2 Å². The molecule has 0 aromatic heterocycles. The number of halogens is 3. The summed E-state index contributed by atoms with van der Waals surface area (Å²) >= 11 is 0. The summed E-state index contributed by atoms with van der Waals surface area (Å²) in [4.78, 5) is 2.00.